The van der Waals surface area contributed by atoms with Gasteiger partial charge < -0.3 is 20.2 Å². The van der Waals surface area contributed by atoms with E-state index in [9.17, 15) is 18.3 Å². The third kappa shape index (κ3) is 4.93. The van der Waals surface area contributed by atoms with Gasteiger partial charge in [-0.1, -0.05) is 12.1 Å². The number of anilines is 1. The number of para-hydroxylation sites is 2. The van der Waals surface area contributed by atoms with Crippen molar-refractivity contribution in [3.8, 4) is 5.75 Å². The second kappa shape index (κ2) is 8.62. The molecule has 2 aromatic rings. The largest absolute Gasteiger partial charge is 0.506 e. The number of piperazine rings is 1. The van der Waals surface area contributed by atoms with E-state index in [1.54, 1.807) is 12.1 Å². The predicted octanol–water partition coefficient (Wildman–Crippen LogP) is 2.43. The fourth-order valence-corrected chi connectivity index (χ4v) is 3.37. The van der Waals surface area contributed by atoms with Crippen molar-refractivity contribution in [2.24, 2.45) is 12.0 Å². The molecule has 0 unspecified atom stereocenters. The van der Waals surface area contributed by atoms with Crippen LogP contribution in [0.1, 0.15) is 18.2 Å². The highest BCUT2D eigenvalue weighted by atomic mass is 19.4. The van der Waals surface area contributed by atoms with Gasteiger partial charge in [-0.15, -0.1) is 0 Å². The number of nitrogens with one attached hydrogen (secondary N) is 1. The van der Waals surface area contributed by atoms with Crippen molar-refractivity contribution in [1.29, 1.82) is 0 Å². The molecule has 158 valence electrons. The summed E-state index contributed by atoms with van der Waals surface area (Å²) < 4.78 is 40.6. The number of aryl methyl sites for hydroxylation is 1. The maximum Gasteiger partial charge on any atom is 0.435 e. The van der Waals surface area contributed by atoms with Gasteiger partial charge in [-0.25, -0.2) is 4.99 Å². The molecule has 2 N–H and O–H groups in total. The van der Waals surface area contributed by atoms with Gasteiger partial charge in [0.15, 0.2) is 11.7 Å². The standard InChI is InChI=1S/C19H25F3N6O/c1-3-23-18(24-12-14-13-26(2)25-17(14)19(20,21)22)28-10-8-27(9-11-28)15-6-4-5-7-16(15)29/h4-7,13,29H,3,8-12H2,1-2H3,(H,23,24). The minimum Gasteiger partial charge on any atom is -0.506 e. The van der Waals surface area contributed by atoms with Crippen LogP contribution in [0.3, 0.4) is 0 Å². The molecule has 0 spiro atoms. The van der Waals surface area contributed by atoms with E-state index in [0.29, 0.717) is 38.7 Å². The average Bonchev–Trinajstić information content (AvgIpc) is 3.07. The molecule has 1 aromatic heterocycles. The Hall–Kier alpha value is -2.91. The first kappa shape index (κ1) is 20.8. The maximum atomic E-state index is 13.1. The van der Waals surface area contributed by atoms with Crippen molar-refractivity contribution in [1.82, 2.24) is 20.0 Å². The van der Waals surface area contributed by atoms with Gasteiger partial charge in [0, 0.05) is 51.5 Å². The second-order valence-electron chi connectivity index (χ2n) is 6.81. The number of aromatic hydroxyl groups is 1. The minimum atomic E-state index is -4.51. The normalized spacial score (nSPS) is 15.7. The molecule has 1 aromatic carbocycles. The van der Waals surface area contributed by atoms with Gasteiger partial charge in [-0.2, -0.15) is 18.3 Å². The smallest absolute Gasteiger partial charge is 0.435 e. The summed E-state index contributed by atoms with van der Waals surface area (Å²) in [4.78, 5) is 8.52. The van der Waals surface area contributed by atoms with Crippen molar-refractivity contribution >= 4 is 11.6 Å². The van der Waals surface area contributed by atoms with Crippen molar-refractivity contribution < 1.29 is 18.3 Å². The second-order valence-corrected chi connectivity index (χ2v) is 6.81. The number of halogens is 3. The number of aromatic nitrogens is 2. The molecule has 10 heteroatoms. The Kier molecular flexibility index (Phi) is 6.19. The summed E-state index contributed by atoms with van der Waals surface area (Å²) in [5.41, 5.74) is -0.0773. The number of phenolic OH excluding ortho intramolecular Hbond substituents is 1. The van der Waals surface area contributed by atoms with Crippen molar-refractivity contribution in [2.45, 2.75) is 19.6 Å². The van der Waals surface area contributed by atoms with E-state index < -0.39 is 11.9 Å². The minimum absolute atomic E-state index is 0.0447. The number of guanidine groups is 1. The van der Waals surface area contributed by atoms with Crippen LogP contribution in [0.4, 0.5) is 18.9 Å². The molecule has 1 fully saturated rings. The Balaban J connectivity index is 1.70. The van der Waals surface area contributed by atoms with E-state index in [4.69, 9.17) is 0 Å². The molecule has 1 aliphatic heterocycles. The Morgan fingerprint density at radius 1 is 1.21 bits per heavy atom. The Morgan fingerprint density at radius 3 is 2.52 bits per heavy atom. The first-order valence-corrected chi connectivity index (χ1v) is 9.45. The van der Waals surface area contributed by atoms with Gasteiger partial charge in [-0.3, -0.25) is 4.68 Å². The van der Waals surface area contributed by atoms with Crippen LogP contribution < -0.4 is 10.2 Å². The molecule has 2 heterocycles. The van der Waals surface area contributed by atoms with E-state index in [-0.39, 0.29) is 17.9 Å². The highest BCUT2D eigenvalue weighted by molar-refractivity contribution is 5.80. The zero-order valence-corrected chi connectivity index (χ0v) is 16.4. The fourth-order valence-electron chi connectivity index (χ4n) is 3.37. The summed E-state index contributed by atoms with van der Waals surface area (Å²) in [6.07, 6.45) is -3.15. The zero-order valence-electron chi connectivity index (χ0n) is 16.4. The highest BCUT2D eigenvalue weighted by Gasteiger charge is 2.36. The monoisotopic (exact) mass is 410 g/mol. The molecule has 7 nitrogen and oxygen atoms in total. The van der Waals surface area contributed by atoms with Crippen LogP contribution in [0.5, 0.6) is 5.75 Å². The Bertz CT molecular complexity index is 856. The topological polar surface area (TPSA) is 68.9 Å². The number of nitrogens with zero attached hydrogens (tertiary/aromatic N) is 5. The Labute approximate surface area is 167 Å². The van der Waals surface area contributed by atoms with Gasteiger partial charge in [-0.05, 0) is 19.1 Å². The molecule has 0 aliphatic carbocycles. The molecule has 0 radical (unpaired) electrons. The number of hydrogen-bond donors (Lipinski definition) is 2. The van der Waals surface area contributed by atoms with E-state index in [2.05, 4.69) is 20.3 Å². The van der Waals surface area contributed by atoms with Gasteiger partial charge in [0.1, 0.15) is 5.75 Å². The van der Waals surface area contributed by atoms with Crippen LogP contribution in [0.2, 0.25) is 0 Å². The third-order valence-corrected chi connectivity index (χ3v) is 4.71. The number of phenols is 1. The van der Waals surface area contributed by atoms with E-state index in [1.807, 2.05) is 24.0 Å². The number of benzene rings is 1. The quantitative estimate of drug-likeness (QED) is 0.599. The van der Waals surface area contributed by atoms with Crippen LogP contribution in [-0.2, 0) is 19.8 Å². The fraction of sp³-hybridized carbons (Fsp3) is 0.474. The Morgan fingerprint density at radius 2 is 1.90 bits per heavy atom. The number of aliphatic imine (C=N–C) groups is 1. The van der Waals surface area contributed by atoms with Gasteiger partial charge in [0.25, 0.3) is 0 Å². The predicted molar refractivity (Wildman–Crippen MR) is 105 cm³/mol. The summed E-state index contributed by atoms with van der Waals surface area (Å²) in [7, 11) is 1.46. The highest BCUT2D eigenvalue weighted by Crippen LogP contribution is 2.31. The van der Waals surface area contributed by atoms with Crippen LogP contribution in [0.25, 0.3) is 0 Å². The molecule has 0 atom stereocenters. The van der Waals surface area contributed by atoms with Crippen LogP contribution in [0.15, 0.2) is 35.5 Å². The molecular formula is C19H25F3N6O. The number of rotatable bonds is 4. The van der Waals surface area contributed by atoms with E-state index >= 15 is 0 Å². The summed E-state index contributed by atoms with van der Waals surface area (Å²) in [5, 5.41) is 16.7. The molecule has 29 heavy (non-hydrogen) atoms. The molecule has 0 saturated carbocycles. The van der Waals surface area contributed by atoms with Crippen LogP contribution in [0, 0.1) is 0 Å². The van der Waals surface area contributed by atoms with E-state index in [1.165, 1.54) is 13.2 Å². The lowest BCUT2D eigenvalue weighted by molar-refractivity contribution is -0.142. The van der Waals surface area contributed by atoms with Gasteiger partial charge in [0.2, 0.25) is 0 Å². The van der Waals surface area contributed by atoms with Crippen LogP contribution >= 0.6 is 0 Å². The molecule has 1 aliphatic rings. The zero-order chi connectivity index (χ0) is 21.0. The summed E-state index contributed by atoms with van der Waals surface area (Å²) in [6.45, 7) is 5.03. The SMILES string of the molecule is CCNC(=NCc1cn(C)nc1C(F)(F)F)N1CCN(c2ccccc2O)CC1. The number of hydrogen-bond acceptors (Lipinski definition) is 4. The van der Waals surface area contributed by atoms with Crippen molar-refractivity contribution in [2.75, 3.05) is 37.6 Å². The first-order valence-electron chi connectivity index (χ1n) is 9.45. The van der Waals surface area contributed by atoms with Crippen molar-refractivity contribution in [3.63, 3.8) is 0 Å². The molecule has 0 amide bonds. The summed E-state index contributed by atoms with van der Waals surface area (Å²) >= 11 is 0. The average molecular weight is 410 g/mol. The molecule has 3 rings (SSSR count). The lowest BCUT2D eigenvalue weighted by atomic mass is 10.2. The van der Waals surface area contributed by atoms with Crippen molar-refractivity contribution in [3.05, 3.63) is 41.7 Å². The summed E-state index contributed by atoms with van der Waals surface area (Å²) in [5.74, 6) is 0.805. The third-order valence-electron chi connectivity index (χ3n) is 4.71. The van der Waals surface area contributed by atoms with Gasteiger partial charge in [0.05, 0.1) is 12.2 Å². The lowest BCUT2D eigenvalue weighted by Crippen LogP contribution is -2.52. The maximum absolute atomic E-state index is 13.1. The molecule has 0 bridgehead atoms. The number of alkyl halides is 3. The van der Waals surface area contributed by atoms with Crippen LogP contribution in [-0.4, -0.2) is 58.5 Å². The summed E-state index contributed by atoms with van der Waals surface area (Å²) in [6, 6.07) is 7.17. The lowest BCUT2D eigenvalue weighted by Gasteiger charge is -2.37. The van der Waals surface area contributed by atoms with E-state index in [0.717, 1.165) is 10.4 Å². The molecular weight excluding hydrogens is 385 g/mol. The first-order chi connectivity index (χ1) is 13.8. The molecule has 1 saturated heterocycles. The van der Waals surface area contributed by atoms with Gasteiger partial charge >= 0.3 is 6.18 Å².